The monoisotopic (exact) mass is 641 g/mol. The summed E-state index contributed by atoms with van der Waals surface area (Å²) in [6, 6.07) is 58.2. The maximum absolute atomic E-state index is 5.20. The third kappa shape index (κ3) is 4.76. The number of benzene rings is 8. The van der Waals surface area contributed by atoms with E-state index in [0.29, 0.717) is 17.5 Å². The van der Waals surface area contributed by atoms with Crippen molar-refractivity contribution in [2.45, 2.75) is 0 Å². The van der Waals surface area contributed by atoms with Crippen LogP contribution in [0.15, 0.2) is 164 Å². The molecule has 0 aliphatic carbocycles. The Kier molecular flexibility index (Phi) is 6.36. The molecule has 2 aromatic heterocycles. The second kappa shape index (κ2) is 11.2. The summed E-state index contributed by atoms with van der Waals surface area (Å²) in [7, 11) is 0. The molecular weight excluding hydrogens is 615 g/mol. The Bertz CT molecular complexity index is 2900. The first-order chi connectivity index (χ1) is 24.2. The van der Waals surface area contributed by atoms with E-state index < -0.39 is 0 Å². The highest BCUT2D eigenvalue weighted by Crippen LogP contribution is 2.39. The summed E-state index contributed by atoms with van der Waals surface area (Å²) in [5, 5.41) is 9.60. The van der Waals surface area contributed by atoms with Gasteiger partial charge in [0.15, 0.2) is 17.5 Å². The predicted octanol–water partition coefficient (Wildman–Crippen LogP) is 12.4. The third-order valence-corrected chi connectivity index (χ3v) is 10.6. The van der Waals surface area contributed by atoms with Crippen molar-refractivity contribution in [3.05, 3.63) is 164 Å². The van der Waals surface area contributed by atoms with Crippen molar-refractivity contribution in [3.63, 3.8) is 0 Å². The lowest BCUT2D eigenvalue weighted by Gasteiger charge is -2.14. The summed E-state index contributed by atoms with van der Waals surface area (Å²) in [5.41, 5.74) is 5.29. The van der Waals surface area contributed by atoms with Crippen LogP contribution in [0.4, 0.5) is 0 Å². The summed E-state index contributed by atoms with van der Waals surface area (Å²) in [4.78, 5) is 15.5. The zero-order valence-corrected chi connectivity index (χ0v) is 27.2. The Morgan fingerprint density at radius 2 is 0.796 bits per heavy atom. The molecule has 0 radical (unpaired) electrons. The molecule has 10 aromatic rings. The molecule has 0 bridgehead atoms. The second-order valence-corrected chi connectivity index (χ2v) is 13.5. The molecule has 0 saturated carbocycles. The molecule has 4 heteroatoms. The molecule has 2 heterocycles. The van der Waals surface area contributed by atoms with Gasteiger partial charge in [0.1, 0.15) is 0 Å². The number of thiophene rings is 1. The average Bonchev–Trinajstić information content (AvgIpc) is 3.55. The highest BCUT2D eigenvalue weighted by atomic mass is 32.1. The van der Waals surface area contributed by atoms with Gasteiger partial charge in [-0.2, -0.15) is 0 Å². The van der Waals surface area contributed by atoms with Crippen LogP contribution >= 0.6 is 11.3 Å². The van der Waals surface area contributed by atoms with Gasteiger partial charge in [-0.05, 0) is 73.8 Å². The van der Waals surface area contributed by atoms with Crippen molar-refractivity contribution < 1.29 is 0 Å². The van der Waals surface area contributed by atoms with Crippen LogP contribution in [0.5, 0.6) is 0 Å². The first-order valence-corrected chi connectivity index (χ1v) is 17.3. The molecule has 0 aliphatic rings. The third-order valence-electron chi connectivity index (χ3n) is 9.51. The van der Waals surface area contributed by atoms with Gasteiger partial charge in [-0.25, -0.2) is 15.0 Å². The maximum atomic E-state index is 5.20. The minimum atomic E-state index is 0.657. The molecule has 3 nitrogen and oxygen atoms in total. The molecule has 10 rings (SSSR count). The fourth-order valence-corrected chi connectivity index (χ4v) is 8.20. The lowest BCUT2D eigenvalue weighted by atomic mass is 9.93. The smallest absolute Gasteiger partial charge is 0.164 e. The van der Waals surface area contributed by atoms with E-state index in [1.807, 2.05) is 0 Å². The number of rotatable bonds is 4. The zero-order valence-electron chi connectivity index (χ0n) is 26.3. The topological polar surface area (TPSA) is 38.7 Å². The van der Waals surface area contributed by atoms with Crippen LogP contribution in [-0.4, -0.2) is 15.0 Å². The van der Waals surface area contributed by atoms with E-state index in [0.717, 1.165) is 32.8 Å². The standard InChI is InChI=1S/C45H27N3S/c1-3-11-30-25-32(19-17-28(30)9-1)35-23-24-40(37-14-6-5-13-36(35)37)45-47-43(33-20-18-29-10-2-4-12-31(29)26-33)46-44(48-45)34-21-22-39-38-15-7-8-16-41(38)49-42(39)27-34/h1-27H. The molecule has 8 aromatic carbocycles. The fourth-order valence-electron chi connectivity index (χ4n) is 7.05. The van der Waals surface area contributed by atoms with Gasteiger partial charge in [0, 0.05) is 36.9 Å². The van der Waals surface area contributed by atoms with Crippen LogP contribution in [-0.2, 0) is 0 Å². The van der Waals surface area contributed by atoms with Gasteiger partial charge in [-0.3, -0.25) is 0 Å². The van der Waals surface area contributed by atoms with Crippen LogP contribution in [0.1, 0.15) is 0 Å². The van der Waals surface area contributed by atoms with E-state index in [4.69, 9.17) is 15.0 Å². The van der Waals surface area contributed by atoms with Crippen molar-refractivity contribution in [1.29, 1.82) is 0 Å². The number of hydrogen-bond acceptors (Lipinski definition) is 4. The lowest BCUT2D eigenvalue weighted by Crippen LogP contribution is -2.01. The van der Waals surface area contributed by atoms with E-state index >= 15 is 0 Å². The van der Waals surface area contributed by atoms with E-state index in [1.165, 1.54) is 47.5 Å². The maximum Gasteiger partial charge on any atom is 0.164 e. The summed E-state index contributed by atoms with van der Waals surface area (Å²) in [6.45, 7) is 0. The fraction of sp³-hybridized carbons (Fsp3) is 0. The van der Waals surface area contributed by atoms with E-state index in [9.17, 15) is 0 Å². The molecule has 0 N–H and O–H groups in total. The van der Waals surface area contributed by atoms with Gasteiger partial charge in [0.05, 0.1) is 0 Å². The minimum absolute atomic E-state index is 0.657. The van der Waals surface area contributed by atoms with Crippen molar-refractivity contribution in [2.24, 2.45) is 0 Å². The van der Waals surface area contributed by atoms with Crippen molar-refractivity contribution >= 4 is 63.8 Å². The second-order valence-electron chi connectivity index (χ2n) is 12.4. The highest BCUT2D eigenvalue weighted by Gasteiger charge is 2.17. The van der Waals surface area contributed by atoms with Gasteiger partial charge in [-0.1, -0.05) is 133 Å². The first kappa shape index (κ1) is 27.8. The molecule has 0 amide bonds. The minimum Gasteiger partial charge on any atom is -0.208 e. The Morgan fingerprint density at radius 3 is 1.53 bits per heavy atom. The zero-order chi connectivity index (χ0) is 32.3. The average molecular weight is 642 g/mol. The Labute approximate surface area is 286 Å². The van der Waals surface area contributed by atoms with Gasteiger partial charge >= 0.3 is 0 Å². The SMILES string of the molecule is c1ccc2cc(-c3nc(-c4ccc5c(c4)sc4ccccc45)nc(-c4ccc(-c5ccc6ccccc6c5)c5ccccc45)n3)ccc2c1. The molecular formula is C45H27N3S. The van der Waals surface area contributed by atoms with E-state index in [1.54, 1.807) is 11.3 Å². The van der Waals surface area contributed by atoms with E-state index in [2.05, 4.69) is 164 Å². The van der Waals surface area contributed by atoms with Crippen molar-refractivity contribution in [2.75, 3.05) is 0 Å². The Morgan fingerprint density at radius 1 is 0.306 bits per heavy atom. The molecule has 0 saturated heterocycles. The number of hydrogen-bond donors (Lipinski definition) is 0. The molecule has 0 fully saturated rings. The molecule has 0 unspecified atom stereocenters. The molecule has 0 atom stereocenters. The van der Waals surface area contributed by atoms with Crippen molar-refractivity contribution in [1.82, 2.24) is 15.0 Å². The number of aromatic nitrogens is 3. The van der Waals surface area contributed by atoms with E-state index in [-0.39, 0.29) is 0 Å². The molecule has 0 aliphatic heterocycles. The van der Waals surface area contributed by atoms with Crippen LogP contribution in [0.2, 0.25) is 0 Å². The summed E-state index contributed by atoms with van der Waals surface area (Å²) >= 11 is 1.80. The Balaban J connectivity index is 1.18. The van der Waals surface area contributed by atoms with Gasteiger partial charge < -0.3 is 0 Å². The van der Waals surface area contributed by atoms with Gasteiger partial charge in [-0.15, -0.1) is 11.3 Å². The number of nitrogens with zero attached hydrogens (tertiary/aromatic N) is 3. The summed E-state index contributed by atoms with van der Waals surface area (Å²) in [5.74, 6) is 1.98. The number of fused-ring (bicyclic) bond motifs is 6. The molecule has 0 spiro atoms. The largest absolute Gasteiger partial charge is 0.208 e. The molecule has 228 valence electrons. The van der Waals surface area contributed by atoms with Crippen molar-refractivity contribution in [3.8, 4) is 45.3 Å². The van der Waals surface area contributed by atoms with Crippen LogP contribution in [0, 0.1) is 0 Å². The Hall–Kier alpha value is -6.23. The normalized spacial score (nSPS) is 11.7. The van der Waals surface area contributed by atoms with Gasteiger partial charge in [0.25, 0.3) is 0 Å². The van der Waals surface area contributed by atoms with Gasteiger partial charge in [0.2, 0.25) is 0 Å². The first-order valence-electron chi connectivity index (χ1n) is 16.4. The quantitative estimate of drug-likeness (QED) is 0.192. The van der Waals surface area contributed by atoms with Crippen LogP contribution < -0.4 is 0 Å². The lowest BCUT2D eigenvalue weighted by molar-refractivity contribution is 1.08. The predicted molar refractivity (Wildman–Crippen MR) is 207 cm³/mol. The van der Waals surface area contributed by atoms with Crippen LogP contribution in [0.3, 0.4) is 0 Å². The molecule has 49 heavy (non-hydrogen) atoms. The summed E-state index contributed by atoms with van der Waals surface area (Å²) < 4.78 is 2.50. The van der Waals surface area contributed by atoms with Crippen LogP contribution in [0.25, 0.3) is 97.8 Å². The highest BCUT2D eigenvalue weighted by molar-refractivity contribution is 7.25. The summed E-state index contributed by atoms with van der Waals surface area (Å²) in [6.07, 6.45) is 0.